The molecule has 1 aliphatic carbocycles. The molecule has 0 aromatic rings. The van der Waals surface area contributed by atoms with Gasteiger partial charge in [-0.05, 0) is 44.9 Å². The first-order valence-corrected chi connectivity index (χ1v) is 9.87. The average molecular weight is 378 g/mol. The molecule has 3 amide bonds. The minimum Gasteiger partial charge on any atom is -0.464 e. The summed E-state index contributed by atoms with van der Waals surface area (Å²) in [5.41, 5.74) is -1.00. The summed E-state index contributed by atoms with van der Waals surface area (Å²) in [6.07, 6.45) is 7.68. The van der Waals surface area contributed by atoms with Crippen molar-refractivity contribution in [2.45, 2.75) is 57.5 Å². The molecule has 0 bridgehead atoms. The Morgan fingerprint density at radius 1 is 1.41 bits per heavy atom. The molecule has 3 N–H and O–H groups in total. The molecule has 27 heavy (non-hydrogen) atoms. The third-order valence-corrected chi connectivity index (χ3v) is 5.69. The topological polar surface area (TPSA) is 105 Å². The quantitative estimate of drug-likeness (QED) is 0.325. The average Bonchev–Trinajstić information content (AvgIpc) is 3.18. The van der Waals surface area contributed by atoms with Crippen molar-refractivity contribution in [1.82, 2.24) is 15.2 Å². The van der Waals surface area contributed by atoms with Gasteiger partial charge in [0.1, 0.15) is 11.6 Å². The smallest absolute Gasteiger partial charge is 0.334 e. The zero-order chi connectivity index (χ0) is 19.6. The molecule has 8 nitrogen and oxygen atoms in total. The van der Waals surface area contributed by atoms with Gasteiger partial charge in [-0.25, -0.2) is 15.4 Å². The van der Waals surface area contributed by atoms with Gasteiger partial charge in [-0.2, -0.15) is 0 Å². The third kappa shape index (κ3) is 3.95. The van der Waals surface area contributed by atoms with Gasteiger partial charge in [0.15, 0.2) is 0 Å². The van der Waals surface area contributed by atoms with Gasteiger partial charge in [-0.15, -0.1) is 0 Å². The molecule has 3 aliphatic rings. The molecule has 0 unspecified atom stereocenters. The van der Waals surface area contributed by atoms with E-state index in [0.29, 0.717) is 25.9 Å². The zero-order valence-corrected chi connectivity index (χ0v) is 16.1. The molecular weight excluding hydrogens is 348 g/mol. The summed E-state index contributed by atoms with van der Waals surface area (Å²) in [5, 5.41) is 4.12. The minimum absolute atomic E-state index is 0.0579. The molecule has 1 saturated heterocycles. The fourth-order valence-electron chi connectivity index (χ4n) is 4.08. The molecule has 2 fully saturated rings. The van der Waals surface area contributed by atoms with Crippen LogP contribution in [0.3, 0.4) is 0 Å². The van der Waals surface area contributed by atoms with Crippen molar-refractivity contribution in [3.8, 4) is 0 Å². The first-order chi connectivity index (χ1) is 12.9. The number of hydrogen-bond acceptors (Lipinski definition) is 5. The van der Waals surface area contributed by atoms with Gasteiger partial charge in [-0.1, -0.05) is 19.1 Å². The maximum absolute atomic E-state index is 13.0. The first-order valence-electron chi connectivity index (χ1n) is 9.87. The molecule has 150 valence electrons. The normalized spacial score (nSPS) is 35.6. The van der Waals surface area contributed by atoms with Gasteiger partial charge in [-0.3, -0.25) is 9.80 Å². The summed E-state index contributed by atoms with van der Waals surface area (Å²) in [6, 6.07) is -0.942. The highest BCUT2D eigenvalue weighted by Gasteiger charge is 2.62. The van der Waals surface area contributed by atoms with Crippen LogP contribution in [-0.4, -0.2) is 59.1 Å². The van der Waals surface area contributed by atoms with Crippen LogP contribution in [0.2, 0.25) is 0 Å². The summed E-state index contributed by atoms with van der Waals surface area (Å²) >= 11 is 0. The van der Waals surface area contributed by atoms with Crippen molar-refractivity contribution in [3.05, 3.63) is 12.2 Å². The standard InChI is InChI=1S/C19H30N4O4/c1-3-27-17(25)19-11-14(19)8-6-4-5-7-9-23(20)18(26)22-12-13(2)10-15(22)16(24)21-19/h6,8,13-15H,3-5,7,9-12,20H2,1-2H3,(H,21,24)/b8-6-/t13-,14+,15+,19-/m1/s1. The number of rotatable bonds is 2. The highest BCUT2D eigenvalue weighted by molar-refractivity contribution is 5.95. The second-order valence-corrected chi connectivity index (χ2v) is 7.90. The lowest BCUT2D eigenvalue weighted by Crippen LogP contribution is -2.56. The molecule has 0 aromatic heterocycles. The van der Waals surface area contributed by atoms with E-state index in [0.717, 1.165) is 19.3 Å². The van der Waals surface area contributed by atoms with E-state index in [9.17, 15) is 14.4 Å². The van der Waals surface area contributed by atoms with Crippen LogP contribution in [0.4, 0.5) is 4.79 Å². The van der Waals surface area contributed by atoms with Crippen LogP contribution < -0.4 is 11.2 Å². The van der Waals surface area contributed by atoms with Gasteiger partial charge in [0.05, 0.1) is 6.61 Å². The van der Waals surface area contributed by atoms with Crippen molar-refractivity contribution in [1.29, 1.82) is 0 Å². The van der Waals surface area contributed by atoms with Crippen molar-refractivity contribution in [3.63, 3.8) is 0 Å². The second kappa shape index (κ2) is 7.88. The van der Waals surface area contributed by atoms with Crippen LogP contribution in [0.5, 0.6) is 0 Å². The van der Waals surface area contributed by atoms with E-state index in [-0.39, 0.29) is 30.4 Å². The van der Waals surface area contributed by atoms with E-state index in [1.54, 1.807) is 6.92 Å². The molecule has 0 aromatic carbocycles. The minimum atomic E-state index is -1.00. The number of nitrogens with zero attached hydrogens (tertiary/aromatic N) is 2. The number of urea groups is 1. The van der Waals surface area contributed by atoms with Crippen molar-refractivity contribution >= 4 is 17.9 Å². The Morgan fingerprint density at radius 2 is 2.19 bits per heavy atom. The number of hydrazine groups is 1. The molecule has 3 rings (SSSR count). The van der Waals surface area contributed by atoms with E-state index in [2.05, 4.69) is 5.32 Å². The summed E-state index contributed by atoms with van der Waals surface area (Å²) in [7, 11) is 0. The second-order valence-electron chi connectivity index (χ2n) is 7.90. The predicted octanol–water partition coefficient (Wildman–Crippen LogP) is 1.17. The van der Waals surface area contributed by atoms with Crippen LogP contribution in [0.15, 0.2) is 12.2 Å². The number of ether oxygens (including phenoxy) is 1. The lowest BCUT2D eigenvalue weighted by molar-refractivity contribution is -0.149. The SMILES string of the molecule is CCOC(=O)[C@@]12C[C@@H]1/C=C\CCCCN(N)C(=O)N1C[C@H](C)C[C@H]1C(=O)N2. The lowest BCUT2D eigenvalue weighted by Gasteiger charge is -2.30. The fraction of sp³-hybridized carbons (Fsp3) is 0.737. The van der Waals surface area contributed by atoms with Crippen LogP contribution in [0.25, 0.3) is 0 Å². The van der Waals surface area contributed by atoms with Gasteiger partial charge < -0.3 is 15.0 Å². The highest BCUT2D eigenvalue weighted by atomic mass is 16.5. The van der Waals surface area contributed by atoms with Gasteiger partial charge in [0.25, 0.3) is 0 Å². The largest absolute Gasteiger partial charge is 0.464 e. The summed E-state index contributed by atoms with van der Waals surface area (Å²) in [4.78, 5) is 39.8. The number of carbonyl (C=O) groups is 3. The molecule has 1 saturated carbocycles. The van der Waals surface area contributed by atoms with E-state index >= 15 is 0 Å². The molecule has 4 atom stereocenters. The molecule has 0 radical (unpaired) electrons. The molecule has 2 heterocycles. The number of fused-ring (bicyclic) bond motifs is 2. The fourth-order valence-corrected chi connectivity index (χ4v) is 4.08. The molecule has 8 heteroatoms. The highest BCUT2D eigenvalue weighted by Crippen LogP contribution is 2.46. The monoisotopic (exact) mass is 378 g/mol. The lowest BCUT2D eigenvalue weighted by atomic mass is 10.1. The van der Waals surface area contributed by atoms with Crippen molar-refractivity contribution < 1.29 is 19.1 Å². The molecule has 0 spiro atoms. The Morgan fingerprint density at radius 3 is 2.93 bits per heavy atom. The van der Waals surface area contributed by atoms with Gasteiger partial charge >= 0.3 is 12.0 Å². The maximum atomic E-state index is 13.0. The molecule has 2 aliphatic heterocycles. The van der Waals surface area contributed by atoms with Crippen LogP contribution in [-0.2, 0) is 14.3 Å². The van der Waals surface area contributed by atoms with E-state index in [1.807, 2.05) is 19.1 Å². The van der Waals surface area contributed by atoms with Crippen LogP contribution in [0, 0.1) is 11.8 Å². The summed E-state index contributed by atoms with van der Waals surface area (Å²) in [6.45, 7) is 4.97. The van der Waals surface area contributed by atoms with Gasteiger partial charge in [0, 0.05) is 19.0 Å². The van der Waals surface area contributed by atoms with E-state index < -0.39 is 17.6 Å². The van der Waals surface area contributed by atoms with E-state index in [4.69, 9.17) is 10.6 Å². The van der Waals surface area contributed by atoms with Crippen LogP contribution in [0.1, 0.15) is 46.0 Å². The molecular formula is C19H30N4O4. The van der Waals surface area contributed by atoms with Crippen molar-refractivity contribution in [2.24, 2.45) is 17.7 Å². The summed E-state index contributed by atoms with van der Waals surface area (Å²) < 4.78 is 5.22. The number of hydrogen-bond donors (Lipinski definition) is 2. The van der Waals surface area contributed by atoms with Crippen molar-refractivity contribution in [2.75, 3.05) is 19.7 Å². The Balaban J connectivity index is 1.85. The third-order valence-electron chi connectivity index (χ3n) is 5.69. The number of esters is 1. The van der Waals surface area contributed by atoms with Crippen LogP contribution >= 0.6 is 0 Å². The maximum Gasteiger partial charge on any atom is 0.334 e. The number of allylic oxidation sites excluding steroid dienone is 1. The predicted molar refractivity (Wildman–Crippen MR) is 99.2 cm³/mol. The number of nitrogens with two attached hydrogens (primary N) is 1. The number of nitrogens with one attached hydrogen (secondary N) is 1. The Kier molecular flexibility index (Phi) is 5.74. The zero-order valence-electron chi connectivity index (χ0n) is 16.1. The summed E-state index contributed by atoms with van der Waals surface area (Å²) in [5.74, 6) is 5.38. The number of carbonyl (C=O) groups excluding carboxylic acids is 3. The Bertz CT molecular complexity index is 637. The van der Waals surface area contributed by atoms with E-state index in [1.165, 1.54) is 9.91 Å². The first kappa shape index (κ1) is 19.7. The number of amides is 3. The van der Waals surface area contributed by atoms with Gasteiger partial charge in [0.2, 0.25) is 5.91 Å². The Labute approximate surface area is 160 Å². The Hall–Kier alpha value is -2.09.